The second-order valence-corrected chi connectivity index (χ2v) is 2.96. The van der Waals surface area contributed by atoms with Gasteiger partial charge in [0.15, 0.2) is 0 Å². The van der Waals surface area contributed by atoms with Crippen molar-refractivity contribution in [1.29, 1.82) is 0 Å². The van der Waals surface area contributed by atoms with Gasteiger partial charge in [-0.3, -0.25) is 4.90 Å². The van der Waals surface area contributed by atoms with E-state index in [0.717, 1.165) is 4.90 Å². The summed E-state index contributed by atoms with van der Waals surface area (Å²) in [5.41, 5.74) is 0.0791. The average Bonchev–Trinajstić information content (AvgIpc) is 2.20. The third-order valence-electron chi connectivity index (χ3n) is 1.96. The normalized spacial score (nSPS) is 11.5. The Kier molecular flexibility index (Phi) is 3.19. The summed E-state index contributed by atoms with van der Waals surface area (Å²) in [6.45, 7) is 1.54. The summed E-state index contributed by atoms with van der Waals surface area (Å²) in [6.07, 6.45) is 3.91. The fourth-order valence-electron chi connectivity index (χ4n) is 1.21. The van der Waals surface area contributed by atoms with Crippen LogP contribution in [-0.2, 0) is 0 Å². The van der Waals surface area contributed by atoms with Gasteiger partial charge < -0.3 is 10.2 Å². The van der Waals surface area contributed by atoms with E-state index in [1.54, 1.807) is 19.1 Å². The molecule has 0 heterocycles. The van der Waals surface area contributed by atoms with Crippen LogP contribution in [-0.4, -0.2) is 17.2 Å². The maximum atomic E-state index is 11.4. The number of benzene rings is 1. The van der Waals surface area contributed by atoms with E-state index < -0.39 is 12.1 Å². The molecule has 0 spiro atoms. The molecule has 0 fully saturated rings. The predicted molar refractivity (Wildman–Crippen MR) is 54.7 cm³/mol. The molecule has 1 aromatic carbocycles. The highest BCUT2D eigenvalue weighted by Crippen LogP contribution is 2.25. The van der Waals surface area contributed by atoms with Crippen LogP contribution in [0.25, 0.3) is 0 Å². The molecular weight excluding hydrogens is 194 g/mol. The average molecular weight is 204 g/mol. The summed E-state index contributed by atoms with van der Waals surface area (Å²) in [5.74, 6) is 1.92. The summed E-state index contributed by atoms with van der Waals surface area (Å²) in [7, 11) is 0. The zero-order chi connectivity index (χ0) is 11.4. The lowest BCUT2D eigenvalue weighted by Crippen LogP contribution is -2.37. The molecule has 1 N–H and O–H groups in total. The molecule has 1 atom stereocenters. The molecule has 78 valence electrons. The Morgan fingerprint density at radius 3 is 2.67 bits per heavy atom. The molecule has 0 aliphatic rings. The van der Waals surface area contributed by atoms with Crippen LogP contribution in [0.4, 0.5) is 10.5 Å². The van der Waals surface area contributed by atoms with Gasteiger partial charge in [0.25, 0.3) is 0 Å². The van der Waals surface area contributed by atoms with E-state index >= 15 is 0 Å². The molecule has 0 bridgehead atoms. The molecule has 1 unspecified atom stereocenters. The first kappa shape index (κ1) is 10.9. The number of carbonyl (C=O) groups is 1. The summed E-state index contributed by atoms with van der Waals surface area (Å²) in [5, 5.41) is 20.4. The van der Waals surface area contributed by atoms with Crippen molar-refractivity contribution in [3.05, 3.63) is 24.3 Å². The number of anilines is 1. The number of carboxylic acid groups (broad SMARTS) is 1. The Hall–Kier alpha value is -2.15. The number of hydrogen-bond acceptors (Lipinski definition) is 2. The molecule has 0 saturated carbocycles. The molecule has 4 nitrogen and oxygen atoms in total. The van der Waals surface area contributed by atoms with Crippen LogP contribution in [0.15, 0.2) is 24.3 Å². The lowest BCUT2D eigenvalue weighted by atomic mass is 10.2. The molecule has 1 rings (SSSR count). The highest BCUT2D eigenvalue weighted by molar-refractivity contribution is 5.89. The first-order chi connectivity index (χ1) is 7.07. The van der Waals surface area contributed by atoms with Crippen molar-refractivity contribution in [3.8, 4) is 18.1 Å². The van der Waals surface area contributed by atoms with Gasteiger partial charge >= 0.3 is 6.09 Å². The van der Waals surface area contributed by atoms with Gasteiger partial charge in [-0.05, 0) is 13.0 Å². The first-order valence-corrected chi connectivity index (χ1v) is 4.32. The quantitative estimate of drug-likeness (QED) is 0.738. The summed E-state index contributed by atoms with van der Waals surface area (Å²) in [6, 6.07) is 5.21. The molecule has 1 aromatic rings. The minimum atomic E-state index is -1.23. The van der Waals surface area contributed by atoms with Gasteiger partial charge in [-0.1, -0.05) is 29.9 Å². The van der Waals surface area contributed by atoms with E-state index in [1.807, 2.05) is 0 Å². The topological polar surface area (TPSA) is 63.6 Å². The second-order valence-electron chi connectivity index (χ2n) is 2.96. The van der Waals surface area contributed by atoms with Crippen molar-refractivity contribution in [2.24, 2.45) is 0 Å². The Bertz CT molecular complexity index is 409. The van der Waals surface area contributed by atoms with Gasteiger partial charge in [-0.15, -0.1) is 6.42 Å². The SMILES string of the molecule is C#CC(C)N(C(=O)O)c1ccccc1[O-]. The van der Waals surface area contributed by atoms with Crippen molar-refractivity contribution in [2.75, 3.05) is 4.90 Å². The minimum Gasteiger partial charge on any atom is -0.871 e. The number of rotatable bonds is 2. The monoisotopic (exact) mass is 204 g/mol. The fourth-order valence-corrected chi connectivity index (χ4v) is 1.21. The fraction of sp³-hybridized carbons (Fsp3) is 0.182. The lowest BCUT2D eigenvalue weighted by molar-refractivity contribution is -0.267. The van der Waals surface area contributed by atoms with Gasteiger partial charge in [0, 0.05) is 5.69 Å². The van der Waals surface area contributed by atoms with Crippen molar-refractivity contribution in [2.45, 2.75) is 13.0 Å². The Morgan fingerprint density at radius 1 is 1.60 bits per heavy atom. The molecule has 0 aliphatic carbocycles. The molecule has 0 aliphatic heterocycles. The van der Waals surface area contributed by atoms with Crippen LogP contribution in [0, 0.1) is 12.3 Å². The Labute approximate surface area is 87.8 Å². The van der Waals surface area contributed by atoms with E-state index in [9.17, 15) is 9.90 Å². The van der Waals surface area contributed by atoms with Crippen molar-refractivity contribution in [1.82, 2.24) is 0 Å². The number of terminal acetylenes is 1. The van der Waals surface area contributed by atoms with Crippen LogP contribution < -0.4 is 10.0 Å². The maximum absolute atomic E-state index is 11.4. The third-order valence-corrected chi connectivity index (χ3v) is 1.96. The molecule has 0 saturated heterocycles. The molecule has 15 heavy (non-hydrogen) atoms. The number of amides is 1. The maximum Gasteiger partial charge on any atom is 0.412 e. The van der Waals surface area contributed by atoms with Gasteiger partial charge in [0.2, 0.25) is 0 Å². The molecule has 1 amide bonds. The van der Waals surface area contributed by atoms with E-state index in [-0.39, 0.29) is 11.4 Å². The van der Waals surface area contributed by atoms with Gasteiger partial charge in [-0.2, -0.15) is 0 Å². The third kappa shape index (κ3) is 2.20. The van der Waals surface area contributed by atoms with Crippen molar-refractivity contribution >= 4 is 11.8 Å². The predicted octanol–water partition coefficient (Wildman–Crippen LogP) is 1.27. The largest absolute Gasteiger partial charge is 0.871 e. The second kappa shape index (κ2) is 4.38. The van der Waals surface area contributed by atoms with Crippen LogP contribution >= 0.6 is 0 Å². The van der Waals surface area contributed by atoms with Gasteiger partial charge in [-0.25, -0.2) is 4.79 Å². The van der Waals surface area contributed by atoms with Crippen molar-refractivity contribution < 1.29 is 15.0 Å². The number of para-hydroxylation sites is 2. The molecular formula is C11H10NO3-. The Morgan fingerprint density at radius 2 is 2.20 bits per heavy atom. The van der Waals surface area contributed by atoms with Gasteiger partial charge in [0.05, 0.1) is 6.04 Å². The van der Waals surface area contributed by atoms with Crippen LogP contribution in [0.1, 0.15) is 6.92 Å². The van der Waals surface area contributed by atoms with Crippen LogP contribution in [0.3, 0.4) is 0 Å². The lowest BCUT2D eigenvalue weighted by Gasteiger charge is -2.26. The molecule has 0 radical (unpaired) electrons. The molecule has 4 heteroatoms. The summed E-state index contributed by atoms with van der Waals surface area (Å²) < 4.78 is 0. The van der Waals surface area contributed by atoms with E-state index in [2.05, 4.69) is 5.92 Å². The van der Waals surface area contributed by atoms with Crippen molar-refractivity contribution in [3.63, 3.8) is 0 Å². The first-order valence-electron chi connectivity index (χ1n) is 4.32. The summed E-state index contributed by atoms with van der Waals surface area (Å²) in [4.78, 5) is 11.8. The van der Waals surface area contributed by atoms with Crippen LogP contribution in [0.2, 0.25) is 0 Å². The Balaban J connectivity index is 3.17. The summed E-state index contributed by atoms with van der Waals surface area (Å²) >= 11 is 0. The van der Waals surface area contributed by atoms with E-state index in [4.69, 9.17) is 11.5 Å². The highest BCUT2D eigenvalue weighted by atomic mass is 16.4. The zero-order valence-corrected chi connectivity index (χ0v) is 8.18. The van der Waals surface area contributed by atoms with E-state index in [0.29, 0.717) is 0 Å². The zero-order valence-electron chi connectivity index (χ0n) is 8.18. The van der Waals surface area contributed by atoms with Gasteiger partial charge in [0.1, 0.15) is 0 Å². The number of nitrogens with zero attached hydrogens (tertiary/aromatic N) is 1. The van der Waals surface area contributed by atoms with Crippen LogP contribution in [0.5, 0.6) is 5.75 Å². The standard InChI is InChI=1S/C11H11NO3/c1-3-8(2)12(11(14)15)9-6-4-5-7-10(9)13/h1,4-8,13H,2H3,(H,14,15)/p-1. The van der Waals surface area contributed by atoms with E-state index in [1.165, 1.54) is 12.1 Å². The smallest absolute Gasteiger partial charge is 0.412 e. The highest BCUT2D eigenvalue weighted by Gasteiger charge is 2.19. The number of hydrogen-bond donors (Lipinski definition) is 1. The minimum absolute atomic E-state index is 0.0791. The molecule has 0 aromatic heterocycles.